The number of ketones is 1. The average molecular weight is 478 g/mol. The number of hydrogen-bond acceptors (Lipinski definition) is 5. The molecule has 2 rings (SSSR count). The molecule has 1 aliphatic heterocycles. The Bertz CT molecular complexity index is 1090. The lowest BCUT2D eigenvalue weighted by molar-refractivity contribution is 0.102. The normalized spacial score (nSPS) is 17.9. The molecule has 6 nitrogen and oxygen atoms in total. The van der Waals surface area contributed by atoms with E-state index in [-0.39, 0.29) is 22.3 Å². The van der Waals surface area contributed by atoms with Gasteiger partial charge < -0.3 is 14.8 Å². The molecule has 2 atom stereocenters. The molecule has 0 saturated carbocycles. The Morgan fingerprint density at radius 2 is 2.12 bits per heavy atom. The van der Waals surface area contributed by atoms with Crippen LogP contribution in [-0.2, 0) is 15.7 Å². The number of anilines is 1. The minimum Gasteiger partial charge on any atom is -0.495 e. The SMILES string of the molecule is C=C/C(=C\NC1=NC=C(C(=O)c2cc(NS(=O)/C(C)=C/C(F)=C\C)ccc2Cl)C1C)OC. The highest BCUT2D eigenvalue weighted by Gasteiger charge is 2.28. The number of rotatable bonds is 9. The van der Waals surface area contributed by atoms with Gasteiger partial charge in [-0.3, -0.25) is 4.79 Å². The van der Waals surface area contributed by atoms with Crippen LogP contribution >= 0.6 is 11.6 Å². The van der Waals surface area contributed by atoms with Crippen molar-refractivity contribution in [2.24, 2.45) is 10.9 Å². The Balaban J connectivity index is 2.18. The Morgan fingerprint density at radius 3 is 2.75 bits per heavy atom. The Hall–Kier alpha value is -2.97. The molecule has 1 aromatic carbocycles. The lowest BCUT2D eigenvalue weighted by Crippen LogP contribution is -2.26. The largest absolute Gasteiger partial charge is 0.495 e. The van der Waals surface area contributed by atoms with Crippen LogP contribution in [0.4, 0.5) is 10.1 Å². The summed E-state index contributed by atoms with van der Waals surface area (Å²) in [5, 5.41) is 3.27. The molecule has 0 bridgehead atoms. The van der Waals surface area contributed by atoms with Crippen molar-refractivity contribution in [2.45, 2.75) is 20.8 Å². The predicted molar refractivity (Wildman–Crippen MR) is 129 cm³/mol. The zero-order valence-corrected chi connectivity index (χ0v) is 19.8. The fraction of sp³-hybridized carbons (Fsp3) is 0.217. The van der Waals surface area contributed by atoms with Crippen molar-refractivity contribution in [3.8, 4) is 0 Å². The number of methoxy groups -OCH3 is 1. The standard InChI is InChI=1S/C23H25ClFN3O3S/c1-6-16(25)10-14(3)32(30)28-17-8-9-21(24)19(11-17)22(29)20-13-27-23(15(20)4)26-12-18(7-2)31-5/h6-13,15,28H,2H2,1,3-5H3,(H,26,27)/b14-10+,16-6+,18-12+. The first-order chi connectivity index (χ1) is 15.2. The molecule has 0 aliphatic carbocycles. The fourth-order valence-corrected chi connectivity index (χ4v) is 3.64. The molecule has 32 heavy (non-hydrogen) atoms. The number of aliphatic imine (C=N–C) groups is 1. The van der Waals surface area contributed by atoms with Gasteiger partial charge >= 0.3 is 0 Å². The number of nitrogens with one attached hydrogen (secondary N) is 2. The summed E-state index contributed by atoms with van der Waals surface area (Å²) in [6.07, 6.45) is 7.08. The van der Waals surface area contributed by atoms with Gasteiger partial charge in [-0.1, -0.05) is 31.2 Å². The second-order valence-electron chi connectivity index (χ2n) is 6.74. The van der Waals surface area contributed by atoms with Gasteiger partial charge in [0.25, 0.3) is 0 Å². The monoisotopic (exact) mass is 477 g/mol. The van der Waals surface area contributed by atoms with Crippen molar-refractivity contribution < 1.29 is 18.1 Å². The lowest BCUT2D eigenvalue weighted by Gasteiger charge is -2.14. The molecular formula is C23H25ClFN3O3S. The Kier molecular flexibility index (Phi) is 9.16. The van der Waals surface area contributed by atoms with Crippen LogP contribution in [0.5, 0.6) is 0 Å². The van der Waals surface area contributed by atoms with E-state index >= 15 is 0 Å². The number of benzene rings is 1. The first kappa shape index (κ1) is 25.3. The molecule has 1 aliphatic rings. The number of allylic oxidation sites excluding steroid dienone is 5. The number of amidine groups is 1. The number of nitrogens with zero attached hydrogens (tertiary/aromatic N) is 1. The van der Waals surface area contributed by atoms with E-state index in [1.54, 1.807) is 32.2 Å². The number of halogens is 2. The van der Waals surface area contributed by atoms with Crippen LogP contribution in [0.3, 0.4) is 0 Å². The van der Waals surface area contributed by atoms with Gasteiger partial charge in [0.15, 0.2) is 5.78 Å². The lowest BCUT2D eigenvalue weighted by atomic mass is 9.94. The summed E-state index contributed by atoms with van der Waals surface area (Å²) in [5.74, 6) is -0.00485. The van der Waals surface area contributed by atoms with Crippen LogP contribution in [0.15, 0.2) is 82.5 Å². The molecule has 2 unspecified atom stereocenters. The van der Waals surface area contributed by atoms with Crippen molar-refractivity contribution in [2.75, 3.05) is 11.8 Å². The van der Waals surface area contributed by atoms with Gasteiger partial charge in [-0.25, -0.2) is 13.6 Å². The molecule has 0 spiro atoms. The number of hydrogen-bond donors (Lipinski definition) is 2. The maximum absolute atomic E-state index is 13.4. The summed E-state index contributed by atoms with van der Waals surface area (Å²) in [5.41, 5.74) is 1.10. The minimum absolute atomic E-state index is 0.240. The van der Waals surface area contributed by atoms with Crippen molar-refractivity contribution in [3.63, 3.8) is 0 Å². The molecule has 0 saturated heterocycles. The smallest absolute Gasteiger partial charge is 0.192 e. The maximum atomic E-state index is 13.4. The molecule has 2 N–H and O–H groups in total. The zero-order valence-electron chi connectivity index (χ0n) is 18.2. The van der Waals surface area contributed by atoms with Gasteiger partial charge in [0.1, 0.15) is 28.4 Å². The summed E-state index contributed by atoms with van der Waals surface area (Å²) >= 11 is 6.27. The van der Waals surface area contributed by atoms with E-state index in [1.807, 2.05) is 6.92 Å². The van der Waals surface area contributed by atoms with Gasteiger partial charge in [0, 0.05) is 40.0 Å². The van der Waals surface area contributed by atoms with E-state index in [0.717, 1.165) is 0 Å². The van der Waals surface area contributed by atoms with E-state index in [4.69, 9.17) is 16.3 Å². The van der Waals surface area contributed by atoms with Gasteiger partial charge in [-0.05, 0) is 44.2 Å². The predicted octanol–water partition coefficient (Wildman–Crippen LogP) is 5.57. The van der Waals surface area contributed by atoms with Crippen molar-refractivity contribution in [1.29, 1.82) is 0 Å². The highest BCUT2D eigenvalue weighted by atomic mass is 35.5. The van der Waals surface area contributed by atoms with Gasteiger partial charge in [0.05, 0.1) is 12.1 Å². The third-order valence-corrected chi connectivity index (χ3v) is 6.07. The first-order valence-corrected chi connectivity index (χ1v) is 11.2. The van der Waals surface area contributed by atoms with E-state index < -0.39 is 16.8 Å². The molecule has 1 heterocycles. The molecule has 0 aromatic heterocycles. The molecule has 0 amide bonds. The third-order valence-electron chi connectivity index (χ3n) is 4.61. The van der Waals surface area contributed by atoms with Gasteiger partial charge in [0.2, 0.25) is 0 Å². The highest BCUT2D eigenvalue weighted by molar-refractivity contribution is 7.90. The number of carbonyl (C=O) groups is 1. The summed E-state index contributed by atoms with van der Waals surface area (Å²) in [4.78, 5) is 17.7. The molecular weight excluding hydrogens is 453 g/mol. The molecule has 0 fully saturated rings. The average Bonchev–Trinajstić information content (AvgIpc) is 3.15. The molecule has 170 valence electrons. The Morgan fingerprint density at radius 1 is 1.41 bits per heavy atom. The van der Waals surface area contributed by atoms with Crippen LogP contribution in [0, 0.1) is 5.92 Å². The van der Waals surface area contributed by atoms with Crippen molar-refractivity contribution >= 4 is 39.9 Å². The second-order valence-corrected chi connectivity index (χ2v) is 8.54. The first-order valence-electron chi connectivity index (χ1n) is 9.65. The minimum atomic E-state index is -1.69. The maximum Gasteiger partial charge on any atom is 0.192 e. The topological polar surface area (TPSA) is 79.8 Å². The van der Waals surface area contributed by atoms with Gasteiger partial charge in [-0.2, -0.15) is 0 Å². The molecule has 1 aromatic rings. The van der Waals surface area contributed by atoms with E-state index in [1.165, 1.54) is 37.6 Å². The van der Waals surface area contributed by atoms with Crippen molar-refractivity contribution in [3.05, 3.63) is 88.1 Å². The van der Waals surface area contributed by atoms with Crippen molar-refractivity contribution in [1.82, 2.24) is 5.32 Å². The van der Waals surface area contributed by atoms with E-state index in [0.29, 0.717) is 27.8 Å². The molecule has 0 radical (unpaired) electrons. The van der Waals surface area contributed by atoms with E-state index in [2.05, 4.69) is 21.6 Å². The number of carbonyl (C=O) groups excluding carboxylic acids is 1. The summed E-state index contributed by atoms with van der Waals surface area (Å²) in [7, 11) is -0.167. The Labute approximate surface area is 194 Å². The number of Topliss-reactive ketones (excluding diaryl/α,β-unsaturated/α-hetero) is 1. The summed E-state index contributed by atoms with van der Waals surface area (Å²) < 4.78 is 33.7. The van der Waals surface area contributed by atoms with Crippen LogP contribution in [0.2, 0.25) is 5.02 Å². The van der Waals surface area contributed by atoms with Crippen LogP contribution in [-0.4, -0.2) is 22.9 Å². The van der Waals surface area contributed by atoms with Gasteiger partial charge in [-0.15, -0.1) is 0 Å². The van der Waals surface area contributed by atoms with Crippen LogP contribution in [0.1, 0.15) is 31.1 Å². The highest BCUT2D eigenvalue weighted by Crippen LogP contribution is 2.29. The quantitative estimate of drug-likeness (QED) is 0.277. The van der Waals surface area contributed by atoms with E-state index in [9.17, 15) is 13.4 Å². The fourth-order valence-electron chi connectivity index (χ4n) is 2.71. The molecule has 9 heteroatoms. The van der Waals surface area contributed by atoms with Crippen LogP contribution in [0.25, 0.3) is 0 Å². The second kappa shape index (κ2) is 11.6. The summed E-state index contributed by atoms with van der Waals surface area (Å²) in [6.45, 7) is 8.56. The number of ether oxygens (including phenoxy) is 1. The van der Waals surface area contributed by atoms with Crippen LogP contribution < -0.4 is 10.0 Å². The third kappa shape index (κ3) is 6.27. The zero-order chi connectivity index (χ0) is 23.8. The summed E-state index contributed by atoms with van der Waals surface area (Å²) in [6, 6.07) is 4.65.